The predicted molar refractivity (Wildman–Crippen MR) is 148 cm³/mol. The number of aromatic amines is 1. The van der Waals surface area contributed by atoms with Gasteiger partial charge in [0.05, 0.1) is 49.1 Å². The van der Waals surface area contributed by atoms with Crippen LogP contribution in [0.5, 0.6) is 0 Å². The van der Waals surface area contributed by atoms with E-state index in [2.05, 4.69) is 20.8 Å². The number of hydrogen-bond acceptors (Lipinski definition) is 9. The first kappa shape index (κ1) is 26.6. The first-order valence-electron chi connectivity index (χ1n) is 12.9. The quantitative estimate of drug-likeness (QED) is 0.284. The van der Waals surface area contributed by atoms with Gasteiger partial charge in [0.1, 0.15) is 0 Å². The van der Waals surface area contributed by atoms with E-state index in [0.29, 0.717) is 29.8 Å². The SMILES string of the molecule is Cc1cc(Nc2ccc(-c3cnc(C4CCC(NC(=O)OC(C)C)CC4)s3)c(S(=N)(=O)C3COC3)c2)n[nH]1. The highest BCUT2D eigenvalue weighted by atomic mass is 32.2. The Balaban J connectivity index is 1.34. The van der Waals surface area contributed by atoms with Crippen molar-refractivity contribution in [2.45, 2.75) is 74.7 Å². The van der Waals surface area contributed by atoms with Crippen LogP contribution in [-0.2, 0) is 19.2 Å². The molecule has 10 nitrogen and oxygen atoms in total. The molecule has 1 amide bonds. The Morgan fingerprint density at radius 2 is 2.00 bits per heavy atom. The molecule has 1 unspecified atom stereocenters. The largest absolute Gasteiger partial charge is 0.447 e. The Bertz CT molecular complexity index is 1390. The second-order valence-electron chi connectivity index (χ2n) is 10.2. The van der Waals surface area contributed by atoms with Crippen LogP contribution in [0.2, 0.25) is 0 Å². The third-order valence-corrected chi connectivity index (χ3v) is 10.3. The molecule has 38 heavy (non-hydrogen) atoms. The number of carbonyl (C=O) groups excluding carboxylic acids is 1. The molecule has 2 aromatic heterocycles. The molecule has 3 heterocycles. The smallest absolute Gasteiger partial charge is 0.407 e. The summed E-state index contributed by atoms with van der Waals surface area (Å²) in [4.78, 5) is 18.1. The van der Waals surface area contributed by atoms with Crippen molar-refractivity contribution >= 4 is 38.7 Å². The van der Waals surface area contributed by atoms with E-state index in [4.69, 9.17) is 19.2 Å². The molecule has 1 aromatic carbocycles. The van der Waals surface area contributed by atoms with E-state index in [1.165, 1.54) is 0 Å². The summed E-state index contributed by atoms with van der Waals surface area (Å²) in [5.41, 5.74) is 2.43. The molecule has 2 fully saturated rings. The molecule has 0 spiro atoms. The minimum Gasteiger partial charge on any atom is -0.447 e. The van der Waals surface area contributed by atoms with Crippen LogP contribution in [0.3, 0.4) is 0 Å². The van der Waals surface area contributed by atoms with Gasteiger partial charge in [-0.1, -0.05) is 6.07 Å². The van der Waals surface area contributed by atoms with Crippen LogP contribution in [0.1, 0.15) is 56.2 Å². The number of amides is 1. The average molecular weight is 559 g/mol. The Hall–Kier alpha value is -2.96. The third kappa shape index (κ3) is 5.87. The summed E-state index contributed by atoms with van der Waals surface area (Å²) >= 11 is 1.60. The molecule has 12 heteroatoms. The molecule has 3 aromatic rings. The van der Waals surface area contributed by atoms with E-state index in [-0.39, 0.29) is 23.5 Å². The highest BCUT2D eigenvalue weighted by Crippen LogP contribution is 2.41. The minimum atomic E-state index is -3.10. The lowest BCUT2D eigenvalue weighted by molar-refractivity contribution is 0.0427. The topological polar surface area (TPSA) is 142 Å². The van der Waals surface area contributed by atoms with Gasteiger partial charge in [-0.2, -0.15) is 5.10 Å². The number of aryl methyl sites for hydroxylation is 1. The number of thiazole rings is 1. The van der Waals surface area contributed by atoms with Gasteiger partial charge in [-0.05, 0) is 58.6 Å². The Morgan fingerprint density at radius 1 is 1.24 bits per heavy atom. The lowest BCUT2D eigenvalue weighted by atomic mass is 9.86. The fourth-order valence-electron chi connectivity index (χ4n) is 4.77. The van der Waals surface area contributed by atoms with E-state index >= 15 is 0 Å². The maximum atomic E-state index is 13.7. The summed E-state index contributed by atoms with van der Waals surface area (Å²) in [6, 6.07) is 7.64. The molecule has 1 atom stereocenters. The fourth-order valence-corrected chi connectivity index (χ4v) is 7.70. The van der Waals surface area contributed by atoms with Crippen LogP contribution in [0.4, 0.5) is 16.3 Å². The summed E-state index contributed by atoms with van der Waals surface area (Å²) in [6.07, 6.45) is 4.92. The molecule has 204 valence electrons. The van der Waals surface area contributed by atoms with Gasteiger partial charge in [-0.25, -0.2) is 18.8 Å². The number of rotatable bonds is 8. The number of H-pyrrole nitrogens is 1. The van der Waals surface area contributed by atoms with Crippen molar-refractivity contribution < 1.29 is 18.5 Å². The van der Waals surface area contributed by atoms with Gasteiger partial charge in [-0.3, -0.25) is 5.10 Å². The maximum absolute atomic E-state index is 13.7. The number of nitrogens with one attached hydrogen (secondary N) is 4. The van der Waals surface area contributed by atoms with Gasteiger partial charge in [0.15, 0.2) is 5.82 Å². The van der Waals surface area contributed by atoms with E-state index < -0.39 is 9.73 Å². The average Bonchev–Trinajstić information content (AvgIpc) is 3.47. The summed E-state index contributed by atoms with van der Waals surface area (Å²) in [6.45, 7) is 6.25. The number of aromatic nitrogens is 3. The normalized spacial score (nSPS) is 21.5. The van der Waals surface area contributed by atoms with Gasteiger partial charge < -0.3 is 20.1 Å². The van der Waals surface area contributed by atoms with Crippen molar-refractivity contribution in [3.05, 3.63) is 41.2 Å². The number of benzene rings is 1. The zero-order chi connectivity index (χ0) is 26.9. The van der Waals surface area contributed by atoms with Crippen LogP contribution in [0.15, 0.2) is 35.4 Å². The molecule has 1 saturated carbocycles. The van der Waals surface area contributed by atoms with Gasteiger partial charge in [0.2, 0.25) is 0 Å². The number of nitrogens with zero attached hydrogens (tertiary/aromatic N) is 2. The van der Waals surface area contributed by atoms with Crippen molar-refractivity contribution in [3.8, 4) is 10.4 Å². The molecule has 4 N–H and O–H groups in total. The lowest BCUT2D eigenvalue weighted by Crippen LogP contribution is -2.40. The summed E-state index contributed by atoms with van der Waals surface area (Å²) in [5.74, 6) is 0.966. The highest BCUT2D eigenvalue weighted by Gasteiger charge is 2.33. The second-order valence-corrected chi connectivity index (χ2v) is 13.6. The van der Waals surface area contributed by atoms with Crippen molar-refractivity contribution in [1.82, 2.24) is 20.5 Å². The number of alkyl carbamates (subject to hydrolysis) is 1. The van der Waals surface area contributed by atoms with Crippen LogP contribution in [0, 0.1) is 11.7 Å². The maximum Gasteiger partial charge on any atom is 0.407 e. The Morgan fingerprint density at radius 3 is 2.63 bits per heavy atom. The number of carbonyl (C=O) groups is 1. The molecule has 2 aliphatic rings. The number of anilines is 2. The molecule has 0 radical (unpaired) electrons. The molecular formula is C26H34N6O4S2. The van der Waals surface area contributed by atoms with Crippen molar-refractivity contribution in [2.75, 3.05) is 18.5 Å². The first-order valence-corrected chi connectivity index (χ1v) is 15.3. The molecule has 0 bridgehead atoms. The highest BCUT2D eigenvalue weighted by molar-refractivity contribution is 7.93. The summed E-state index contributed by atoms with van der Waals surface area (Å²) in [7, 11) is -3.10. The molecular weight excluding hydrogens is 524 g/mol. The third-order valence-electron chi connectivity index (χ3n) is 6.89. The van der Waals surface area contributed by atoms with E-state index in [9.17, 15) is 9.00 Å². The van der Waals surface area contributed by atoms with Crippen molar-refractivity contribution in [2.24, 2.45) is 0 Å². The van der Waals surface area contributed by atoms with Crippen molar-refractivity contribution in [3.63, 3.8) is 0 Å². The zero-order valence-corrected chi connectivity index (χ0v) is 23.4. The zero-order valence-electron chi connectivity index (χ0n) is 21.8. The van der Waals surface area contributed by atoms with Crippen molar-refractivity contribution in [1.29, 1.82) is 4.78 Å². The van der Waals surface area contributed by atoms with Gasteiger partial charge in [0, 0.05) is 41.2 Å². The van der Waals surface area contributed by atoms with E-state index in [0.717, 1.165) is 52.5 Å². The predicted octanol–water partition coefficient (Wildman–Crippen LogP) is 5.55. The second kappa shape index (κ2) is 11.0. The van der Waals surface area contributed by atoms with Crippen LogP contribution >= 0.6 is 11.3 Å². The fraction of sp³-hybridized carbons (Fsp3) is 0.500. The number of ether oxygens (including phenoxy) is 2. The molecule has 1 aliphatic carbocycles. The van der Waals surface area contributed by atoms with Crippen LogP contribution < -0.4 is 10.6 Å². The van der Waals surface area contributed by atoms with Gasteiger partial charge >= 0.3 is 6.09 Å². The lowest BCUT2D eigenvalue weighted by Gasteiger charge is -2.29. The Kier molecular flexibility index (Phi) is 7.73. The Labute approximate surface area is 226 Å². The van der Waals surface area contributed by atoms with E-state index in [1.54, 1.807) is 17.4 Å². The standard InChI is InChI=1S/C26H34N6O4S2/c1-15(2)36-26(33)30-18-6-4-17(5-7-18)25-28-12-22(37-25)21-9-8-19(29-24-10-16(3)31-32-24)11-23(21)38(27,34)20-13-35-14-20/h8-12,15,17-18,20,27H,4-7,13-14H2,1-3H3,(H,30,33)(H2,29,31,32). The summed E-state index contributed by atoms with van der Waals surface area (Å²) < 4.78 is 33.1. The molecule has 1 aliphatic heterocycles. The molecule has 5 rings (SSSR count). The van der Waals surface area contributed by atoms with Crippen LogP contribution in [-0.4, -0.2) is 56.1 Å². The van der Waals surface area contributed by atoms with Gasteiger partial charge in [0.25, 0.3) is 0 Å². The van der Waals surface area contributed by atoms with E-state index in [1.807, 2.05) is 45.2 Å². The summed E-state index contributed by atoms with van der Waals surface area (Å²) in [5, 5.41) is 14.0. The minimum absolute atomic E-state index is 0.111. The first-order chi connectivity index (χ1) is 18.2. The number of hydrogen-bond donors (Lipinski definition) is 4. The molecule has 1 saturated heterocycles. The monoisotopic (exact) mass is 558 g/mol. The van der Waals surface area contributed by atoms with Crippen LogP contribution in [0.25, 0.3) is 10.4 Å². The van der Waals surface area contributed by atoms with Gasteiger partial charge in [-0.15, -0.1) is 11.3 Å².